The first-order valence-electron chi connectivity index (χ1n) is 6.92. The molecule has 0 unspecified atom stereocenters. The molecule has 22 heavy (non-hydrogen) atoms. The lowest BCUT2D eigenvalue weighted by molar-refractivity contribution is -0.266. The number of alkyl halides is 3. The maximum Gasteiger partial charge on any atom is 0.421 e. The number of carbonyl (C=O) groups excluding carboxylic acids is 1. The summed E-state index contributed by atoms with van der Waals surface area (Å²) in [6.45, 7) is 0. The normalized spacial score (nSPS) is 18.6. The van der Waals surface area contributed by atoms with Gasteiger partial charge in [0.15, 0.2) is 11.4 Å². The number of hydrogen-bond donors (Lipinski definition) is 1. The average molecular weight is 314 g/mol. The predicted molar refractivity (Wildman–Crippen MR) is 74.5 cm³/mol. The zero-order valence-electron chi connectivity index (χ0n) is 12.1. The molecule has 3 nitrogen and oxygen atoms in total. The van der Waals surface area contributed by atoms with E-state index in [4.69, 9.17) is 4.74 Å². The molecule has 1 aromatic carbocycles. The van der Waals surface area contributed by atoms with Crippen LogP contribution < -0.4 is 4.74 Å². The van der Waals surface area contributed by atoms with Crippen LogP contribution in [0.2, 0.25) is 0 Å². The van der Waals surface area contributed by atoms with Gasteiger partial charge >= 0.3 is 6.18 Å². The van der Waals surface area contributed by atoms with Crippen LogP contribution in [0, 0.1) is 0 Å². The Hall–Kier alpha value is -1.82. The molecule has 0 saturated heterocycles. The Morgan fingerprint density at radius 1 is 1.27 bits per heavy atom. The van der Waals surface area contributed by atoms with E-state index in [9.17, 15) is 23.1 Å². The largest absolute Gasteiger partial charge is 0.497 e. The lowest BCUT2D eigenvalue weighted by Gasteiger charge is -2.32. The van der Waals surface area contributed by atoms with E-state index in [0.29, 0.717) is 24.8 Å². The molecule has 0 radical (unpaired) electrons. The molecule has 1 aliphatic rings. The third kappa shape index (κ3) is 3.32. The predicted octanol–water partition coefficient (Wildman–Crippen LogP) is 3.51. The molecule has 6 heteroatoms. The summed E-state index contributed by atoms with van der Waals surface area (Å²) in [6.07, 6.45) is -3.05. The van der Waals surface area contributed by atoms with Gasteiger partial charge < -0.3 is 9.84 Å². The van der Waals surface area contributed by atoms with Crippen LogP contribution in [0.1, 0.15) is 31.2 Å². The summed E-state index contributed by atoms with van der Waals surface area (Å²) >= 11 is 0. The quantitative estimate of drug-likeness (QED) is 0.925. The minimum Gasteiger partial charge on any atom is -0.497 e. The van der Waals surface area contributed by atoms with Crippen molar-refractivity contribution in [3.63, 3.8) is 0 Å². The third-order valence-corrected chi connectivity index (χ3v) is 3.79. The smallest absolute Gasteiger partial charge is 0.421 e. The van der Waals surface area contributed by atoms with Crippen LogP contribution in [-0.4, -0.2) is 24.2 Å². The van der Waals surface area contributed by atoms with Gasteiger partial charge in [0.2, 0.25) is 0 Å². The molecular weight excluding hydrogens is 297 g/mol. The first-order chi connectivity index (χ1) is 10.3. The van der Waals surface area contributed by atoms with Crippen molar-refractivity contribution in [2.45, 2.75) is 37.5 Å². The SMILES string of the molecule is COc1cccc([C@](O)(CC2=CC(=O)CCC2)C(F)(F)F)c1. The Morgan fingerprint density at radius 3 is 2.59 bits per heavy atom. The minimum absolute atomic E-state index is 0.198. The van der Waals surface area contributed by atoms with Gasteiger partial charge in [-0.1, -0.05) is 17.7 Å². The molecule has 0 aromatic heterocycles. The fourth-order valence-electron chi connectivity index (χ4n) is 2.58. The topological polar surface area (TPSA) is 46.5 Å². The van der Waals surface area contributed by atoms with Crippen LogP contribution in [0.5, 0.6) is 5.75 Å². The highest BCUT2D eigenvalue weighted by atomic mass is 19.4. The van der Waals surface area contributed by atoms with Gasteiger partial charge in [0.05, 0.1) is 7.11 Å². The molecule has 0 fully saturated rings. The molecule has 0 aliphatic heterocycles. The third-order valence-electron chi connectivity index (χ3n) is 3.79. The van der Waals surface area contributed by atoms with E-state index in [1.807, 2.05) is 0 Å². The standard InChI is InChI=1S/C16H17F3O3/c1-22-14-7-3-5-12(9-14)15(21,16(17,18)19)10-11-4-2-6-13(20)8-11/h3,5,7-9,21H,2,4,6,10H2,1H3/t15-/m1/s1. The number of halogens is 3. The van der Waals surface area contributed by atoms with Crippen molar-refractivity contribution < 1.29 is 27.8 Å². The van der Waals surface area contributed by atoms with Gasteiger partial charge in [0, 0.05) is 12.8 Å². The Bertz CT molecular complexity index is 593. The number of carbonyl (C=O) groups is 1. The monoisotopic (exact) mass is 314 g/mol. The molecule has 120 valence electrons. The van der Waals surface area contributed by atoms with Gasteiger partial charge in [0.1, 0.15) is 5.75 Å². The van der Waals surface area contributed by atoms with Gasteiger partial charge in [0.25, 0.3) is 0 Å². The minimum atomic E-state index is -4.86. The van der Waals surface area contributed by atoms with Crippen molar-refractivity contribution in [3.8, 4) is 5.75 Å². The van der Waals surface area contributed by atoms with E-state index in [2.05, 4.69) is 0 Å². The molecule has 2 rings (SSSR count). The maximum absolute atomic E-state index is 13.5. The van der Waals surface area contributed by atoms with Crippen LogP contribution >= 0.6 is 0 Å². The summed E-state index contributed by atoms with van der Waals surface area (Å²) in [5, 5.41) is 10.3. The van der Waals surface area contributed by atoms with Crippen molar-refractivity contribution >= 4 is 5.78 Å². The number of hydrogen-bond acceptors (Lipinski definition) is 3. The van der Waals surface area contributed by atoms with E-state index in [1.165, 1.54) is 37.5 Å². The maximum atomic E-state index is 13.5. The molecule has 0 bridgehead atoms. The van der Waals surface area contributed by atoms with Gasteiger partial charge in [-0.15, -0.1) is 0 Å². The summed E-state index contributed by atoms with van der Waals surface area (Å²) in [6, 6.07) is 5.27. The molecule has 1 aromatic rings. The van der Waals surface area contributed by atoms with E-state index >= 15 is 0 Å². The lowest BCUT2D eigenvalue weighted by atomic mass is 9.83. The number of aliphatic hydroxyl groups is 1. The highest BCUT2D eigenvalue weighted by Gasteiger charge is 2.55. The first kappa shape index (κ1) is 16.5. The number of ketones is 1. The molecule has 1 atom stereocenters. The molecule has 0 heterocycles. The second kappa shape index (κ2) is 6.12. The number of ether oxygens (including phenoxy) is 1. The van der Waals surface area contributed by atoms with Crippen molar-refractivity contribution in [1.29, 1.82) is 0 Å². The van der Waals surface area contributed by atoms with E-state index in [1.54, 1.807) is 0 Å². The molecule has 1 aliphatic carbocycles. The Morgan fingerprint density at radius 2 is 2.00 bits per heavy atom. The highest BCUT2D eigenvalue weighted by Crippen LogP contribution is 2.45. The average Bonchev–Trinajstić information content (AvgIpc) is 2.46. The number of allylic oxidation sites excluding steroid dienone is 1. The van der Waals surface area contributed by atoms with Crippen molar-refractivity contribution in [2.24, 2.45) is 0 Å². The van der Waals surface area contributed by atoms with Gasteiger partial charge in [-0.3, -0.25) is 4.79 Å². The van der Waals surface area contributed by atoms with Crippen LogP contribution in [0.25, 0.3) is 0 Å². The number of rotatable bonds is 4. The van der Waals surface area contributed by atoms with Crippen molar-refractivity contribution in [1.82, 2.24) is 0 Å². The Labute approximate surface area is 126 Å². The Kier molecular flexibility index (Phi) is 4.60. The fraction of sp³-hybridized carbons (Fsp3) is 0.438. The second-order valence-corrected chi connectivity index (χ2v) is 5.39. The fourth-order valence-corrected chi connectivity index (χ4v) is 2.58. The van der Waals surface area contributed by atoms with Crippen molar-refractivity contribution in [2.75, 3.05) is 7.11 Å². The summed E-state index contributed by atoms with van der Waals surface area (Å²) < 4.78 is 45.3. The number of methoxy groups -OCH3 is 1. The van der Waals surface area contributed by atoms with E-state index in [0.717, 1.165) is 0 Å². The summed E-state index contributed by atoms with van der Waals surface area (Å²) in [7, 11) is 1.34. The summed E-state index contributed by atoms with van der Waals surface area (Å²) in [5.74, 6) is 0.0327. The van der Waals surface area contributed by atoms with Gasteiger partial charge in [-0.2, -0.15) is 13.2 Å². The first-order valence-corrected chi connectivity index (χ1v) is 6.92. The van der Waals surface area contributed by atoms with Gasteiger partial charge in [-0.25, -0.2) is 0 Å². The van der Waals surface area contributed by atoms with Crippen molar-refractivity contribution in [3.05, 3.63) is 41.5 Å². The lowest BCUT2D eigenvalue weighted by Crippen LogP contribution is -2.42. The highest BCUT2D eigenvalue weighted by molar-refractivity contribution is 5.91. The molecular formula is C16H17F3O3. The zero-order valence-corrected chi connectivity index (χ0v) is 12.1. The zero-order chi connectivity index (χ0) is 16.4. The molecule has 0 saturated carbocycles. The van der Waals surface area contributed by atoms with E-state index < -0.39 is 18.2 Å². The van der Waals surface area contributed by atoms with Gasteiger partial charge in [-0.05, 0) is 36.6 Å². The second-order valence-electron chi connectivity index (χ2n) is 5.39. The summed E-state index contributed by atoms with van der Waals surface area (Å²) in [4.78, 5) is 11.4. The van der Waals surface area contributed by atoms with Crippen LogP contribution in [0.4, 0.5) is 13.2 Å². The molecule has 0 amide bonds. The molecule has 0 spiro atoms. The van der Waals surface area contributed by atoms with Crippen LogP contribution in [0.15, 0.2) is 35.9 Å². The van der Waals surface area contributed by atoms with Crippen LogP contribution in [0.3, 0.4) is 0 Å². The number of benzene rings is 1. The summed E-state index contributed by atoms with van der Waals surface area (Å²) in [5.41, 5.74) is -3.01. The van der Waals surface area contributed by atoms with Crippen LogP contribution in [-0.2, 0) is 10.4 Å². The Balaban J connectivity index is 2.42. The molecule has 1 N–H and O–H groups in total. The van der Waals surface area contributed by atoms with E-state index in [-0.39, 0.29) is 17.1 Å².